The summed E-state index contributed by atoms with van der Waals surface area (Å²) < 4.78 is 7.75. The van der Waals surface area contributed by atoms with E-state index in [1.54, 1.807) is 18.1 Å². The van der Waals surface area contributed by atoms with Crippen molar-refractivity contribution >= 4 is 12.0 Å². The number of carbonyl (C=O) groups is 1. The highest BCUT2D eigenvalue weighted by Gasteiger charge is 2.29. The Hall–Kier alpha value is -3.42. The number of ether oxygens (including phenoxy) is 1. The maximum Gasteiger partial charge on any atom is 0.410 e. The minimum Gasteiger partial charge on any atom is -0.444 e. The lowest BCUT2D eigenvalue weighted by Gasteiger charge is -2.34. The van der Waals surface area contributed by atoms with Gasteiger partial charge in [0.05, 0.1) is 23.4 Å². The third kappa shape index (κ3) is 5.92. The number of amides is 1. The van der Waals surface area contributed by atoms with Crippen molar-refractivity contribution in [2.75, 3.05) is 25.5 Å². The van der Waals surface area contributed by atoms with Gasteiger partial charge in [-0.1, -0.05) is 44.2 Å². The van der Waals surface area contributed by atoms with E-state index >= 15 is 0 Å². The van der Waals surface area contributed by atoms with Gasteiger partial charge >= 0.3 is 6.09 Å². The zero-order valence-corrected chi connectivity index (χ0v) is 21.1. The zero-order chi connectivity index (χ0) is 24.7. The highest BCUT2D eigenvalue weighted by Crippen LogP contribution is 2.35. The summed E-state index contributed by atoms with van der Waals surface area (Å²) in [6.07, 6.45) is 5.04. The quantitative estimate of drug-likeness (QED) is 0.537. The molecular weight excluding hydrogens is 428 g/mol. The molecule has 1 aliphatic rings. The van der Waals surface area contributed by atoms with Crippen LogP contribution in [0.1, 0.15) is 53.5 Å². The fraction of sp³-hybridized carbons (Fsp3) is 0.462. The fourth-order valence-electron chi connectivity index (χ4n) is 3.96. The van der Waals surface area contributed by atoms with Crippen LogP contribution in [0.15, 0.2) is 48.9 Å². The maximum atomic E-state index is 12.5. The van der Waals surface area contributed by atoms with Gasteiger partial charge in [0.15, 0.2) is 0 Å². The lowest BCUT2D eigenvalue weighted by Crippen LogP contribution is -2.42. The monoisotopic (exact) mass is 464 g/mol. The van der Waals surface area contributed by atoms with Gasteiger partial charge in [0.1, 0.15) is 5.60 Å². The molecule has 1 saturated heterocycles. The molecule has 0 bridgehead atoms. The van der Waals surface area contributed by atoms with E-state index in [2.05, 4.69) is 27.0 Å². The molecule has 0 spiro atoms. The van der Waals surface area contributed by atoms with Crippen molar-refractivity contribution in [3.63, 3.8) is 0 Å². The Bertz CT molecular complexity index is 1070. The van der Waals surface area contributed by atoms with E-state index in [0.29, 0.717) is 19.0 Å². The summed E-state index contributed by atoms with van der Waals surface area (Å²) in [4.78, 5) is 28.0. The molecule has 3 heterocycles. The minimum atomic E-state index is -0.492. The number of likely N-dealkylation sites (tertiary alicyclic amines) is 1. The predicted molar refractivity (Wildman–Crippen MR) is 136 cm³/mol. The molecule has 0 unspecified atom stereocenters. The molecule has 8 nitrogen and oxygen atoms in total. The topological polar surface area (TPSA) is 85.2 Å². The Kier molecular flexibility index (Phi) is 8.26. The lowest BCUT2D eigenvalue weighted by atomic mass is 10.0. The first kappa shape index (κ1) is 25.2. The summed E-state index contributed by atoms with van der Waals surface area (Å²) in [5.41, 5.74) is 3.22. The second-order valence-electron chi connectivity index (χ2n) is 8.93. The molecule has 4 rings (SSSR count). The average molecular weight is 465 g/mol. The van der Waals surface area contributed by atoms with Crippen LogP contribution in [0, 0.1) is 0 Å². The molecule has 1 aromatic carbocycles. The minimum absolute atomic E-state index is 0.210. The van der Waals surface area contributed by atoms with Gasteiger partial charge in [-0.05, 0) is 39.7 Å². The number of benzene rings is 1. The Morgan fingerprint density at radius 2 is 1.74 bits per heavy atom. The Morgan fingerprint density at radius 1 is 1.06 bits per heavy atom. The van der Waals surface area contributed by atoms with Gasteiger partial charge < -0.3 is 19.5 Å². The lowest BCUT2D eigenvalue weighted by molar-refractivity contribution is 0.0189. The first-order valence-corrected chi connectivity index (χ1v) is 12.0. The van der Waals surface area contributed by atoms with Gasteiger partial charge in [0.25, 0.3) is 0 Å². The molecule has 1 N–H and O–H groups in total. The Balaban J connectivity index is 0.00000158. The van der Waals surface area contributed by atoms with Gasteiger partial charge in [0, 0.05) is 37.9 Å². The third-order valence-electron chi connectivity index (χ3n) is 5.47. The molecule has 0 radical (unpaired) electrons. The second-order valence-corrected chi connectivity index (χ2v) is 8.93. The summed E-state index contributed by atoms with van der Waals surface area (Å²) in [5, 5.41) is 3.01. The van der Waals surface area contributed by atoms with Gasteiger partial charge in [-0.25, -0.2) is 19.7 Å². The average Bonchev–Trinajstić information content (AvgIpc) is 3.30. The smallest absolute Gasteiger partial charge is 0.410 e. The number of nitrogens with zero attached hydrogens (tertiary/aromatic N) is 5. The first-order valence-electron chi connectivity index (χ1n) is 12.0. The molecule has 34 heavy (non-hydrogen) atoms. The highest BCUT2D eigenvalue weighted by atomic mass is 16.6. The van der Waals surface area contributed by atoms with Gasteiger partial charge in [-0.2, -0.15) is 0 Å². The van der Waals surface area contributed by atoms with Crippen molar-refractivity contribution in [3.05, 3.63) is 48.9 Å². The summed E-state index contributed by atoms with van der Waals surface area (Å²) in [5.74, 6) is 0.564. The molecule has 0 atom stereocenters. The van der Waals surface area contributed by atoms with E-state index in [-0.39, 0.29) is 12.1 Å². The van der Waals surface area contributed by atoms with E-state index in [1.807, 2.05) is 65.2 Å². The molecule has 1 amide bonds. The predicted octanol–water partition coefficient (Wildman–Crippen LogP) is 5.65. The molecular formula is C26H36N6O2. The van der Waals surface area contributed by atoms with Crippen LogP contribution < -0.4 is 5.32 Å². The molecule has 1 fully saturated rings. The SMILES string of the molecule is CC.CNc1nccc(-c2c(-c3ccccc3)ncn2C2CCN(C(=O)OC(C)(C)C)CC2)n1. The van der Waals surface area contributed by atoms with Gasteiger partial charge in [-0.3, -0.25) is 0 Å². The van der Waals surface area contributed by atoms with E-state index in [0.717, 1.165) is 35.5 Å². The van der Waals surface area contributed by atoms with E-state index in [9.17, 15) is 4.79 Å². The van der Waals surface area contributed by atoms with Crippen molar-refractivity contribution in [2.45, 2.75) is 59.1 Å². The number of nitrogens with one attached hydrogen (secondary N) is 1. The molecule has 2 aromatic heterocycles. The zero-order valence-electron chi connectivity index (χ0n) is 21.1. The summed E-state index contributed by atoms with van der Waals surface area (Å²) in [6.45, 7) is 11.0. The van der Waals surface area contributed by atoms with Crippen molar-refractivity contribution in [1.82, 2.24) is 24.4 Å². The third-order valence-corrected chi connectivity index (χ3v) is 5.47. The molecule has 0 aliphatic carbocycles. The number of hydrogen-bond acceptors (Lipinski definition) is 6. The number of aromatic nitrogens is 4. The molecule has 3 aromatic rings. The van der Waals surface area contributed by atoms with Crippen LogP contribution in [-0.4, -0.2) is 56.3 Å². The van der Waals surface area contributed by atoms with Crippen molar-refractivity contribution in [1.29, 1.82) is 0 Å². The van der Waals surface area contributed by atoms with E-state index < -0.39 is 5.60 Å². The molecule has 8 heteroatoms. The number of carbonyl (C=O) groups excluding carboxylic acids is 1. The maximum absolute atomic E-state index is 12.5. The largest absolute Gasteiger partial charge is 0.444 e. The summed E-state index contributed by atoms with van der Waals surface area (Å²) in [6, 6.07) is 12.3. The first-order chi connectivity index (χ1) is 16.4. The number of anilines is 1. The van der Waals surface area contributed by atoms with Crippen molar-refractivity contribution in [3.8, 4) is 22.6 Å². The number of piperidine rings is 1. The highest BCUT2D eigenvalue weighted by molar-refractivity contribution is 5.77. The molecule has 1 aliphatic heterocycles. The van der Waals surface area contributed by atoms with Crippen LogP contribution in [-0.2, 0) is 4.74 Å². The van der Waals surface area contributed by atoms with E-state index in [1.165, 1.54) is 0 Å². The normalized spacial score (nSPS) is 14.2. The van der Waals surface area contributed by atoms with Crippen LogP contribution in [0.5, 0.6) is 0 Å². The van der Waals surface area contributed by atoms with Crippen LogP contribution >= 0.6 is 0 Å². The standard InChI is InChI=1S/C24H30N6O2.C2H6/c1-24(2,3)32-23(31)29-14-11-18(12-15-29)30-16-27-20(17-8-6-5-7-9-17)21(30)19-10-13-26-22(25-4)28-19;1-2/h5-10,13,16,18H,11-12,14-15H2,1-4H3,(H,25,26,28);1-2H3. The van der Waals surface area contributed by atoms with Gasteiger partial charge in [0.2, 0.25) is 5.95 Å². The number of hydrogen-bond donors (Lipinski definition) is 1. The van der Waals surface area contributed by atoms with Gasteiger partial charge in [-0.15, -0.1) is 0 Å². The van der Waals surface area contributed by atoms with Crippen LogP contribution in [0.4, 0.5) is 10.7 Å². The summed E-state index contributed by atoms with van der Waals surface area (Å²) >= 11 is 0. The number of rotatable bonds is 4. The van der Waals surface area contributed by atoms with Crippen molar-refractivity contribution < 1.29 is 9.53 Å². The Morgan fingerprint density at radius 3 is 2.35 bits per heavy atom. The second kappa shape index (κ2) is 11.1. The van der Waals surface area contributed by atoms with Crippen LogP contribution in [0.3, 0.4) is 0 Å². The molecule has 0 saturated carbocycles. The van der Waals surface area contributed by atoms with Crippen molar-refractivity contribution in [2.24, 2.45) is 0 Å². The van der Waals surface area contributed by atoms with E-state index in [4.69, 9.17) is 14.7 Å². The fourth-order valence-corrected chi connectivity index (χ4v) is 3.96. The van der Waals surface area contributed by atoms with Crippen LogP contribution in [0.25, 0.3) is 22.6 Å². The summed E-state index contributed by atoms with van der Waals surface area (Å²) in [7, 11) is 1.81. The van der Waals surface area contributed by atoms with Crippen LogP contribution in [0.2, 0.25) is 0 Å². The number of imidazole rings is 1. The molecule has 182 valence electrons. The Labute approximate surface area is 202 Å².